The molecular formula is C16H21Cl2NOZr. The summed E-state index contributed by atoms with van der Waals surface area (Å²) in [6.07, 6.45) is 8.67. The minimum atomic E-state index is -0.826. The summed E-state index contributed by atoms with van der Waals surface area (Å²) in [7, 11) is 9.87. The van der Waals surface area contributed by atoms with Crippen LogP contribution in [0.15, 0.2) is 23.2 Å². The molecule has 0 saturated heterocycles. The molecule has 1 atom stereocenters. The van der Waals surface area contributed by atoms with E-state index in [1.807, 2.05) is 31.3 Å². The number of aromatic hydroxyl groups is 1. The first-order chi connectivity index (χ1) is 10.2. The van der Waals surface area contributed by atoms with Gasteiger partial charge in [-0.3, -0.25) is 4.99 Å². The van der Waals surface area contributed by atoms with Crippen LogP contribution in [0.25, 0.3) is 0 Å². The summed E-state index contributed by atoms with van der Waals surface area (Å²) in [5.41, 5.74) is 1.78. The zero-order chi connectivity index (χ0) is 15.2. The normalized spacial score (nSPS) is 27.3. The number of hydrogen-bond donors (Lipinski definition) is 1. The maximum atomic E-state index is 9.97. The van der Waals surface area contributed by atoms with E-state index >= 15 is 0 Å². The Morgan fingerprint density at radius 2 is 1.90 bits per heavy atom. The summed E-state index contributed by atoms with van der Waals surface area (Å²) in [5, 5.41) is 9.97. The number of phenols is 1. The first-order valence-corrected chi connectivity index (χ1v) is 13.8. The number of hydrogen-bond acceptors (Lipinski definition) is 2. The van der Waals surface area contributed by atoms with Crippen LogP contribution in [0, 0.1) is 18.8 Å². The third kappa shape index (κ3) is 4.81. The molecule has 1 aromatic carbocycles. The van der Waals surface area contributed by atoms with Crippen LogP contribution in [0.4, 0.5) is 0 Å². The second kappa shape index (κ2) is 8.70. The quantitative estimate of drug-likeness (QED) is 0.684. The zero-order valence-corrected chi connectivity index (χ0v) is 16.2. The van der Waals surface area contributed by atoms with Crippen LogP contribution < -0.4 is 0 Å². The molecule has 0 radical (unpaired) electrons. The fourth-order valence-corrected chi connectivity index (χ4v) is 3.49. The van der Waals surface area contributed by atoms with E-state index in [9.17, 15) is 5.11 Å². The Hall–Kier alpha value is 0.153. The van der Waals surface area contributed by atoms with E-state index in [4.69, 9.17) is 22.0 Å². The minimum absolute atomic E-state index is 0.377. The van der Waals surface area contributed by atoms with Gasteiger partial charge in [0, 0.05) is 11.8 Å². The van der Waals surface area contributed by atoms with Crippen molar-refractivity contribution in [3.05, 3.63) is 29.3 Å². The molecule has 0 spiro atoms. The molecular weight excluding hydrogens is 384 g/mol. The van der Waals surface area contributed by atoms with Crippen LogP contribution >= 0.6 is 17.0 Å². The molecule has 3 fully saturated rings. The van der Waals surface area contributed by atoms with Gasteiger partial charge in [0.25, 0.3) is 0 Å². The topological polar surface area (TPSA) is 32.6 Å². The van der Waals surface area contributed by atoms with Crippen LogP contribution in [0.1, 0.15) is 43.2 Å². The Kier molecular flexibility index (Phi) is 7.25. The van der Waals surface area contributed by atoms with Crippen molar-refractivity contribution in [2.75, 3.05) is 0 Å². The Bertz CT molecular complexity index is 487. The van der Waals surface area contributed by atoms with Crippen molar-refractivity contribution in [2.24, 2.45) is 16.8 Å². The maximum absolute atomic E-state index is 9.97. The van der Waals surface area contributed by atoms with E-state index in [-0.39, 0.29) is 0 Å². The van der Waals surface area contributed by atoms with Crippen molar-refractivity contribution in [3.8, 4) is 5.75 Å². The van der Waals surface area contributed by atoms with Gasteiger partial charge in [-0.25, -0.2) is 0 Å². The molecule has 0 amide bonds. The molecule has 2 nitrogen and oxygen atoms in total. The molecule has 2 bridgehead atoms. The van der Waals surface area contributed by atoms with Crippen LogP contribution in [-0.4, -0.2) is 17.4 Å². The average Bonchev–Trinajstić information content (AvgIpc) is 2.51. The van der Waals surface area contributed by atoms with Gasteiger partial charge in [-0.1, -0.05) is 25.0 Å². The van der Waals surface area contributed by atoms with Gasteiger partial charge in [-0.15, -0.1) is 0 Å². The van der Waals surface area contributed by atoms with E-state index in [1.165, 1.54) is 32.1 Å². The molecule has 1 N–H and O–H groups in total. The summed E-state index contributed by atoms with van der Waals surface area (Å²) in [6, 6.07) is 6.34. The van der Waals surface area contributed by atoms with E-state index in [2.05, 4.69) is 0 Å². The Balaban J connectivity index is 0.000000497. The molecule has 0 aliphatic heterocycles. The van der Waals surface area contributed by atoms with Gasteiger partial charge in [0.05, 0.1) is 6.04 Å². The van der Waals surface area contributed by atoms with Crippen molar-refractivity contribution in [2.45, 2.75) is 45.1 Å². The monoisotopic (exact) mass is 403 g/mol. The van der Waals surface area contributed by atoms with Gasteiger partial charge in [-0.2, -0.15) is 0 Å². The van der Waals surface area contributed by atoms with Gasteiger partial charge < -0.3 is 5.11 Å². The number of benzene rings is 1. The third-order valence-electron chi connectivity index (χ3n) is 4.68. The third-order valence-corrected chi connectivity index (χ3v) is 4.68. The number of fused-ring (bicyclic) bond motifs is 3. The van der Waals surface area contributed by atoms with E-state index in [0.717, 1.165) is 23.0 Å². The molecule has 0 aromatic heterocycles. The van der Waals surface area contributed by atoms with Crippen molar-refractivity contribution in [3.63, 3.8) is 0 Å². The van der Waals surface area contributed by atoms with Crippen LogP contribution in [-0.2, 0) is 20.8 Å². The van der Waals surface area contributed by atoms with Gasteiger partial charge in [0.15, 0.2) is 0 Å². The molecule has 5 heteroatoms. The molecule has 114 valence electrons. The summed E-state index contributed by atoms with van der Waals surface area (Å²) in [5.74, 6) is 2.07. The second-order valence-corrected chi connectivity index (χ2v) is 9.68. The predicted molar refractivity (Wildman–Crippen MR) is 86.0 cm³/mol. The van der Waals surface area contributed by atoms with Crippen LogP contribution in [0.2, 0.25) is 0 Å². The van der Waals surface area contributed by atoms with Gasteiger partial charge >= 0.3 is 37.9 Å². The number of halogens is 2. The average molecular weight is 405 g/mol. The van der Waals surface area contributed by atoms with E-state index in [0.29, 0.717) is 11.8 Å². The predicted octanol–water partition coefficient (Wildman–Crippen LogP) is 5.07. The molecule has 4 rings (SSSR count). The molecule has 21 heavy (non-hydrogen) atoms. The molecule has 3 aliphatic rings. The van der Waals surface area contributed by atoms with Crippen LogP contribution in [0.3, 0.4) is 0 Å². The number of phenolic OH excluding ortho intramolecular Hbond substituents is 1. The fourth-order valence-electron chi connectivity index (χ4n) is 3.49. The number of nitrogens with zero attached hydrogens (tertiary/aromatic N) is 1. The van der Waals surface area contributed by atoms with Crippen molar-refractivity contribution in [1.82, 2.24) is 0 Å². The summed E-state index contributed by atoms with van der Waals surface area (Å²) in [4.78, 5) is 4.75. The molecule has 3 saturated carbocycles. The van der Waals surface area contributed by atoms with Crippen molar-refractivity contribution in [1.29, 1.82) is 0 Å². The first-order valence-electron chi connectivity index (χ1n) is 7.43. The summed E-state index contributed by atoms with van der Waals surface area (Å²) >= 11 is -0.826. The van der Waals surface area contributed by atoms with Gasteiger partial charge in [0.2, 0.25) is 0 Å². The second-order valence-electron chi connectivity index (χ2n) is 5.95. The van der Waals surface area contributed by atoms with E-state index < -0.39 is 20.8 Å². The summed E-state index contributed by atoms with van der Waals surface area (Å²) < 4.78 is 0. The number of para-hydroxylation sites is 1. The first kappa shape index (κ1) is 17.5. The number of rotatable bonds is 2. The van der Waals surface area contributed by atoms with E-state index in [1.54, 1.807) is 0 Å². The van der Waals surface area contributed by atoms with Crippen LogP contribution in [0.5, 0.6) is 5.75 Å². The molecule has 1 aromatic rings. The molecule has 3 aliphatic carbocycles. The fraction of sp³-hybridized carbons (Fsp3) is 0.562. The van der Waals surface area contributed by atoms with Crippen molar-refractivity contribution >= 4 is 23.2 Å². The zero-order valence-electron chi connectivity index (χ0n) is 12.2. The SMILES string of the molecule is Cc1cccc(C=NC2CC3CCC2CC3)c1O.[Cl][Zr][Cl]. The molecule has 0 heterocycles. The summed E-state index contributed by atoms with van der Waals surface area (Å²) in [6.45, 7) is 1.93. The number of aryl methyl sites for hydroxylation is 1. The Labute approximate surface area is 145 Å². The molecule has 1 unspecified atom stereocenters. The van der Waals surface area contributed by atoms with Gasteiger partial charge in [0.1, 0.15) is 5.75 Å². The Morgan fingerprint density at radius 3 is 2.48 bits per heavy atom. The Morgan fingerprint density at radius 1 is 1.24 bits per heavy atom. The van der Waals surface area contributed by atoms with Crippen molar-refractivity contribution < 1.29 is 26.0 Å². The number of aliphatic imine (C=N–C) groups is 1. The standard InChI is InChI=1S/C16H21NO.2ClH.Zr/c1-11-3-2-4-14(16(11)18)10-17-15-9-12-5-7-13(15)8-6-12;;;/h2-4,10,12-13,15,18H,5-9H2,1H3;2*1H;/q;;;+2/p-2. The van der Waals surface area contributed by atoms with Gasteiger partial charge in [-0.05, 0) is 49.7 Å².